The average Bonchev–Trinajstić information content (AvgIpc) is 3.06. The van der Waals surface area contributed by atoms with Crippen LogP contribution in [0.5, 0.6) is 5.75 Å². The molecule has 1 aromatic carbocycles. The highest BCUT2D eigenvalue weighted by Gasteiger charge is 2.20. The molecular formula is C13H12BrNO3S2. The number of fused-ring (bicyclic) bond motifs is 1. The molecule has 0 saturated heterocycles. The molecule has 1 aliphatic heterocycles. The van der Waals surface area contributed by atoms with E-state index in [-0.39, 0.29) is 6.54 Å². The van der Waals surface area contributed by atoms with Crippen LogP contribution in [0.15, 0.2) is 38.3 Å². The largest absolute Gasteiger partial charge is 0.493 e. The summed E-state index contributed by atoms with van der Waals surface area (Å²) in [6, 6.07) is 7.22. The fourth-order valence-corrected chi connectivity index (χ4v) is 4.73. The molecule has 0 amide bonds. The molecule has 0 fully saturated rings. The number of rotatable bonds is 4. The van der Waals surface area contributed by atoms with Crippen molar-refractivity contribution in [3.8, 4) is 5.75 Å². The molecular weight excluding hydrogens is 362 g/mol. The lowest BCUT2D eigenvalue weighted by atomic mass is 10.1. The van der Waals surface area contributed by atoms with E-state index in [4.69, 9.17) is 4.74 Å². The SMILES string of the molecule is O=S(=O)(NCc1cc(Br)cc2c1OCC2)c1cccs1. The van der Waals surface area contributed by atoms with Gasteiger partial charge in [-0.15, -0.1) is 11.3 Å². The van der Waals surface area contributed by atoms with Gasteiger partial charge in [-0.2, -0.15) is 0 Å². The normalized spacial score (nSPS) is 14.1. The van der Waals surface area contributed by atoms with Crippen LogP contribution in [-0.4, -0.2) is 15.0 Å². The molecule has 0 spiro atoms. The molecule has 0 unspecified atom stereocenters. The minimum atomic E-state index is -3.45. The van der Waals surface area contributed by atoms with Crippen molar-refractivity contribution >= 4 is 37.3 Å². The summed E-state index contributed by atoms with van der Waals surface area (Å²) in [5, 5.41) is 1.74. The van der Waals surface area contributed by atoms with Gasteiger partial charge in [-0.25, -0.2) is 13.1 Å². The van der Waals surface area contributed by atoms with Gasteiger partial charge in [0.1, 0.15) is 9.96 Å². The Bertz CT molecular complexity index is 726. The van der Waals surface area contributed by atoms with Crippen LogP contribution in [0.1, 0.15) is 11.1 Å². The van der Waals surface area contributed by atoms with Crippen molar-refractivity contribution in [2.45, 2.75) is 17.2 Å². The van der Waals surface area contributed by atoms with Gasteiger partial charge in [0.2, 0.25) is 10.0 Å². The number of nitrogens with one attached hydrogen (secondary N) is 1. The van der Waals surface area contributed by atoms with Crippen LogP contribution in [-0.2, 0) is 23.0 Å². The second-order valence-electron chi connectivity index (χ2n) is 4.41. The van der Waals surface area contributed by atoms with Crippen LogP contribution < -0.4 is 9.46 Å². The van der Waals surface area contributed by atoms with E-state index < -0.39 is 10.0 Å². The molecule has 1 aromatic heterocycles. The molecule has 0 bridgehead atoms. The maximum atomic E-state index is 12.1. The number of benzene rings is 1. The zero-order valence-electron chi connectivity index (χ0n) is 10.4. The molecule has 0 aliphatic carbocycles. The summed E-state index contributed by atoms with van der Waals surface area (Å²) in [5.41, 5.74) is 1.97. The first kappa shape index (κ1) is 14.1. The number of halogens is 1. The molecule has 0 atom stereocenters. The summed E-state index contributed by atoms with van der Waals surface area (Å²) in [6.07, 6.45) is 0.861. The summed E-state index contributed by atoms with van der Waals surface area (Å²) in [4.78, 5) is 0. The van der Waals surface area contributed by atoms with E-state index in [9.17, 15) is 8.42 Å². The monoisotopic (exact) mass is 373 g/mol. The average molecular weight is 374 g/mol. The Morgan fingerprint density at radius 3 is 3.00 bits per heavy atom. The second kappa shape index (κ2) is 5.48. The first-order valence-corrected chi connectivity index (χ1v) is 9.19. The van der Waals surface area contributed by atoms with Crippen molar-refractivity contribution in [1.82, 2.24) is 4.72 Å². The Balaban J connectivity index is 1.83. The van der Waals surface area contributed by atoms with E-state index in [1.54, 1.807) is 17.5 Å². The third-order valence-electron chi connectivity index (χ3n) is 3.04. The fraction of sp³-hybridized carbons (Fsp3) is 0.231. The lowest BCUT2D eigenvalue weighted by Crippen LogP contribution is -2.22. The zero-order chi connectivity index (χ0) is 14.2. The number of sulfonamides is 1. The smallest absolute Gasteiger partial charge is 0.250 e. The molecule has 0 radical (unpaired) electrons. The number of thiophene rings is 1. The lowest BCUT2D eigenvalue weighted by Gasteiger charge is -2.10. The molecule has 4 nitrogen and oxygen atoms in total. The van der Waals surface area contributed by atoms with Crippen molar-refractivity contribution in [3.05, 3.63) is 45.2 Å². The predicted molar refractivity (Wildman–Crippen MR) is 81.7 cm³/mol. The van der Waals surface area contributed by atoms with Gasteiger partial charge in [-0.1, -0.05) is 22.0 Å². The van der Waals surface area contributed by atoms with Gasteiger partial charge in [0.15, 0.2) is 0 Å². The van der Waals surface area contributed by atoms with Crippen LogP contribution in [0.25, 0.3) is 0 Å². The van der Waals surface area contributed by atoms with Crippen molar-refractivity contribution in [2.24, 2.45) is 0 Å². The predicted octanol–water partition coefficient (Wildman–Crippen LogP) is 2.92. The molecule has 1 N–H and O–H groups in total. The molecule has 7 heteroatoms. The van der Waals surface area contributed by atoms with E-state index >= 15 is 0 Å². The highest BCUT2D eigenvalue weighted by molar-refractivity contribution is 9.10. The van der Waals surface area contributed by atoms with Crippen LogP contribution in [0, 0.1) is 0 Å². The summed E-state index contributed by atoms with van der Waals surface area (Å²) < 4.78 is 33.7. The highest BCUT2D eigenvalue weighted by Crippen LogP contribution is 2.33. The fourth-order valence-electron chi connectivity index (χ4n) is 2.14. The Morgan fingerprint density at radius 1 is 1.40 bits per heavy atom. The van der Waals surface area contributed by atoms with Gasteiger partial charge in [-0.05, 0) is 29.1 Å². The topological polar surface area (TPSA) is 55.4 Å². The number of hydrogen-bond donors (Lipinski definition) is 1. The van der Waals surface area contributed by atoms with Gasteiger partial charge in [0.05, 0.1) is 6.61 Å². The van der Waals surface area contributed by atoms with Crippen molar-refractivity contribution in [2.75, 3.05) is 6.61 Å². The third kappa shape index (κ3) is 2.76. The van der Waals surface area contributed by atoms with Gasteiger partial charge >= 0.3 is 0 Å². The summed E-state index contributed by atoms with van der Waals surface area (Å²) >= 11 is 4.65. The molecule has 2 aromatic rings. The van der Waals surface area contributed by atoms with Crippen molar-refractivity contribution in [3.63, 3.8) is 0 Å². The molecule has 106 valence electrons. The van der Waals surface area contributed by atoms with Crippen molar-refractivity contribution < 1.29 is 13.2 Å². The standard InChI is InChI=1S/C13H12BrNO3S2/c14-11-6-9-3-4-18-13(9)10(7-11)8-15-20(16,17)12-2-1-5-19-12/h1-2,5-7,15H,3-4,8H2. The van der Waals surface area contributed by atoms with Gasteiger partial charge in [-0.3, -0.25) is 0 Å². The Hall–Kier alpha value is -0.890. The molecule has 2 heterocycles. The maximum absolute atomic E-state index is 12.1. The van der Waals surface area contributed by atoms with E-state index in [0.29, 0.717) is 10.8 Å². The summed E-state index contributed by atoms with van der Waals surface area (Å²) in [6.45, 7) is 0.873. The summed E-state index contributed by atoms with van der Waals surface area (Å²) in [5.74, 6) is 0.807. The van der Waals surface area contributed by atoms with E-state index in [1.807, 2.05) is 12.1 Å². The van der Waals surface area contributed by atoms with Gasteiger partial charge < -0.3 is 4.74 Å². The lowest BCUT2D eigenvalue weighted by molar-refractivity contribution is 0.353. The first-order valence-electron chi connectivity index (χ1n) is 6.03. The van der Waals surface area contributed by atoms with E-state index in [1.165, 1.54) is 11.3 Å². The van der Waals surface area contributed by atoms with Crippen LogP contribution in [0.2, 0.25) is 0 Å². The Labute approximate surface area is 130 Å². The minimum absolute atomic E-state index is 0.224. The molecule has 0 saturated carbocycles. The number of ether oxygens (including phenoxy) is 1. The third-order valence-corrected chi connectivity index (χ3v) is 6.29. The van der Waals surface area contributed by atoms with Gasteiger partial charge in [0, 0.05) is 23.0 Å². The molecule has 20 heavy (non-hydrogen) atoms. The van der Waals surface area contributed by atoms with Crippen LogP contribution in [0.3, 0.4) is 0 Å². The number of hydrogen-bond acceptors (Lipinski definition) is 4. The molecule has 1 aliphatic rings. The second-order valence-corrected chi connectivity index (χ2v) is 8.27. The van der Waals surface area contributed by atoms with Gasteiger partial charge in [0.25, 0.3) is 0 Å². The summed E-state index contributed by atoms with van der Waals surface area (Å²) in [7, 11) is -3.45. The minimum Gasteiger partial charge on any atom is -0.493 e. The van der Waals surface area contributed by atoms with Crippen LogP contribution in [0.4, 0.5) is 0 Å². The first-order chi connectivity index (χ1) is 9.56. The highest BCUT2D eigenvalue weighted by atomic mass is 79.9. The van der Waals surface area contributed by atoms with Crippen molar-refractivity contribution in [1.29, 1.82) is 0 Å². The van der Waals surface area contributed by atoms with E-state index in [0.717, 1.165) is 27.8 Å². The van der Waals surface area contributed by atoms with E-state index in [2.05, 4.69) is 20.7 Å². The zero-order valence-corrected chi connectivity index (χ0v) is 13.6. The Kier molecular flexibility index (Phi) is 3.85. The molecule has 3 rings (SSSR count). The Morgan fingerprint density at radius 2 is 2.25 bits per heavy atom. The van der Waals surface area contributed by atoms with Crippen LogP contribution >= 0.6 is 27.3 Å². The maximum Gasteiger partial charge on any atom is 0.250 e. The quantitative estimate of drug-likeness (QED) is 0.896.